The molecule has 1 aromatic rings. The van der Waals surface area contributed by atoms with Gasteiger partial charge in [-0.05, 0) is 17.5 Å². The van der Waals surface area contributed by atoms with Crippen LogP contribution in [-0.4, -0.2) is 4.57 Å². The highest BCUT2D eigenvalue weighted by atomic mass is 16.1. The van der Waals surface area contributed by atoms with Gasteiger partial charge in [-0.25, -0.2) is 0 Å². The van der Waals surface area contributed by atoms with Gasteiger partial charge in [0.25, 0.3) is 5.56 Å². The topological polar surface area (TPSA) is 22.0 Å². The molecule has 0 N–H and O–H groups in total. The van der Waals surface area contributed by atoms with Crippen LogP contribution in [0.3, 0.4) is 0 Å². The van der Waals surface area contributed by atoms with Gasteiger partial charge in [0.15, 0.2) is 0 Å². The molecule has 74 valence electrons. The van der Waals surface area contributed by atoms with Gasteiger partial charge in [-0.1, -0.05) is 26.0 Å². The Hall–Kier alpha value is -1.31. The largest absolute Gasteiger partial charge is 0.315 e. The van der Waals surface area contributed by atoms with Gasteiger partial charge in [-0.3, -0.25) is 4.79 Å². The highest BCUT2D eigenvalue weighted by molar-refractivity contribution is 5.58. The molecule has 14 heavy (non-hydrogen) atoms. The normalized spacial score (nSPS) is 13.7. The van der Waals surface area contributed by atoms with E-state index in [9.17, 15) is 4.79 Å². The van der Waals surface area contributed by atoms with E-state index in [1.54, 1.807) is 4.57 Å². The molecule has 2 nitrogen and oxygen atoms in total. The Balaban J connectivity index is 2.71. The summed E-state index contributed by atoms with van der Waals surface area (Å²) in [5.41, 5.74) is 3.41. The molecule has 0 saturated carbocycles. The number of nitrogens with zero attached hydrogens (tertiary/aromatic N) is 1. The molecule has 1 heterocycles. The highest BCUT2D eigenvalue weighted by Gasteiger charge is 2.14. The lowest BCUT2D eigenvalue weighted by molar-refractivity contribution is 0.750. The first-order chi connectivity index (χ1) is 6.61. The number of aromatic nitrogens is 1. The van der Waals surface area contributed by atoms with Crippen LogP contribution in [0.1, 0.15) is 36.6 Å². The maximum Gasteiger partial charge on any atom is 0.253 e. The van der Waals surface area contributed by atoms with Gasteiger partial charge in [0, 0.05) is 24.7 Å². The van der Waals surface area contributed by atoms with E-state index in [1.165, 1.54) is 5.56 Å². The second kappa shape index (κ2) is 3.12. The van der Waals surface area contributed by atoms with Crippen molar-refractivity contribution in [2.24, 2.45) is 7.05 Å². The van der Waals surface area contributed by atoms with Crippen molar-refractivity contribution in [3.05, 3.63) is 39.3 Å². The van der Waals surface area contributed by atoms with Gasteiger partial charge < -0.3 is 4.57 Å². The Morgan fingerprint density at radius 2 is 2.14 bits per heavy atom. The zero-order valence-electron chi connectivity index (χ0n) is 8.87. The quantitative estimate of drug-likeness (QED) is 0.663. The van der Waals surface area contributed by atoms with Crippen molar-refractivity contribution in [3.8, 4) is 0 Å². The summed E-state index contributed by atoms with van der Waals surface area (Å²) in [4.78, 5) is 11.9. The molecular weight excluding hydrogens is 174 g/mol. The molecule has 1 aliphatic carbocycles. The fourth-order valence-electron chi connectivity index (χ4n) is 1.93. The first kappa shape index (κ1) is 9.25. The Kier molecular flexibility index (Phi) is 2.06. The second-order valence-electron chi connectivity index (χ2n) is 4.13. The molecule has 0 spiro atoms. The molecule has 0 saturated heterocycles. The Labute approximate surface area is 83.9 Å². The van der Waals surface area contributed by atoms with Crippen molar-refractivity contribution in [1.82, 2.24) is 4.57 Å². The molecule has 0 fully saturated rings. The van der Waals surface area contributed by atoms with Crippen LogP contribution in [0, 0.1) is 0 Å². The monoisotopic (exact) mass is 189 g/mol. The lowest BCUT2D eigenvalue weighted by atomic mass is 10.0. The maximum atomic E-state index is 11.9. The van der Waals surface area contributed by atoms with E-state index in [0.717, 1.165) is 17.7 Å². The molecule has 0 amide bonds. The zero-order valence-corrected chi connectivity index (χ0v) is 8.87. The molecule has 0 aromatic carbocycles. The van der Waals surface area contributed by atoms with Crippen LogP contribution in [0.2, 0.25) is 0 Å². The van der Waals surface area contributed by atoms with Gasteiger partial charge in [-0.2, -0.15) is 0 Å². The van der Waals surface area contributed by atoms with Crippen LogP contribution in [0.25, 0.3) is 6.08 Å². The highest BCUT2D eigenvalue weighted by Crippen LogP contribution is 2.20. The number of rotatable bonds is 1. The molecule has 0 bridgehead atoms. The van der Waals surface area contributed by atoms with Crippen LogP contribution >= 0.6 is 0 Å². The second-order valence-corrected chi connectivity index (χ2v) is 4.13. The van der Waals surface area contributed by atoms with Gasteiger partial charge >= 0.3 is 0 Å². The molecule has 0 aliphatic heterocycles. The summed E-state index contributed by atoms with van der Waals surface area (Å²) < 4.78 is 1.78. The van der Waals surface area contributed by atoms with E-state index in [1.807, 2.05) is 13.1 Å². The molecule has 1 aromatic heterocycles. The van der Waals surface area contributed by atoms with Crippen LogP contribution in [0.15, 0.2) is 16.9 Å². The van der Waals surface area contributed by atoms with Crippen LogP contribution in [0.4, 0.5) is 0 Å². The van der Waals surface area contributed by atoms with Crippen LogP contribution in [0.5, 0.6) is 0 Å². The van der Waals surface area contributed by atoms with E-state index < -0.39 is 0 Å². The Morgan fingerprint density at radius 1 is 1.43 bits per heavy atom. The summed E-state index contributed by atoms with van der Waals surface area (Å²) in [7, 11) is 1.86. The van der Waals surface area contributed by atoms with Crippen molar-refractivity contribution in [2.75, 3.05) is 0 Å². The smallest absolute Gasteiger partial charge is 0.253 e. The fraction of sp³-hybridized carbons (Fsp3) is 0.417. The van der Waals surface area contributed by atoms with Gasteiger partial charge in [0.05, 0.1) is 0 Å². The number of fused-ring (bicyclic) bond motifs is 1. The first-order valence-corrected chi connectivity index (χ1v) is 5.00. The summed E-state index contributed by atoms with van der Waals surface area (Å²) in [6, 6.07) is 2.03. The van der Waals surface area contributed by atoms with E-state index in [2.05, 4.69) is 26.0 Å². The molecule has 0 unspecified atom stereocenters. The minimum absolute atomic E-state index is 0.155. The zero-order chi connectivity index (χ0) is 10.3. The molecule has 2 heteroatoms. The molecule has 0 atom stereocenters. The van der Waals surface area contributed by atoms with E-state index in [4.69, 9.17) is 0 Å². The molecule has 1 aliphatic rings. The predicted octanol–water partition coefficient (Wildman–Crippen LogP) is 2.08. The van der Waals surface area contributed by atoms with Crippen LogP contribution < -0.4 is 5.56 Å². The fourth-order valence-corrected chi connectivity index (χ4v) is 1.93. The van der Waals surface area contributed by atoms with E-state index in [0.29, 0.717) is 5.92 Å². The number of allylic oxidation sites excluding steroid dienone is 1. The molecule has 2 rings (SSSR count). The maximum absolute atomic E-state index is 11.9. The van der Waals surface area contributed by atoms with Crippen LogP contribution in [-0.2, 0) is 13.5 Å². The summed E-state index contributed by atoms with van der Waals surface area (Å²) in [6.45, 7) is 4.11. The van der Waals surface area contributed by atoms with E-state index in [-0.39, 0.29) is 5.56 Å². The minimum atomic E-state index is 0.155. The molecular formula is C12H15NO. The average Bonchev–Trinajstić information content (AvgIpc) is 2.58. The number of hydrogen-bond donors (Lipinski definition) is 0. The van der Waals surface area contributed by atoms with Crippen molar-refractivity contribution in [3.63, 3.8) is 0 Å². The van der Waals surface area contributed by atoms with Crippen molar-refractivity contribution in [2.45, 2.75) is 26.2 Å². The first-order valence-electron chi connectivity index (χ1n) is 5.00. The number of pyridine rings is 1. The van der Waals surface area contributed by atoms with Crippen molar-refractivity contribution >= 4 is 6.08 Å². The van der Waals surface area contributed by atoms with Gasteiger partial charge in [0.2, 0.25) is 0 Å². The third kappa shape index (κ3) is 1.22. The minimum Gasteiger partial charge on any atom is -0.315 e. The lowest BCUT2D eigenvalue weighted by Gasteiger charge is -2.11. The Bertz CT molecular complexity index is 452. The third-order valence-corrected chi connectivity index (χ3v) is 2.83. The summed E-state index contributed by atoms with van der Waals surface area (Å²) >= 11 is 0. The molecule has 0 radical (unpaired) electrons. The van der Waals surface area contributed by atoms with Gasteiger partial charge in [0.1, 0.15) is 0 Å². The standard InChI is InChI=1S/C12H15NO/c1-8(2)10-7-9-5-4-6-11(9)13(3)12(10)14/h4-5,7-8H,6H2,1-3H3. The predicted molar refractivity (Wildman–Crippen MR) is 58.5 cm³/mol. The van der Waals surface area contributed by atoms with Gasteiger partial charge in [-0.15, -0.1) is 0 Å². The van der Waals surface area contributed by atoms with E-state index >= 15 is 0 Å². The SMILES string of the molecule is CC(C)c1cc2c(n(C)c1=O)CC=C2. The summed E-state index contributed by atoms with van der Waals surface area (Å²) in [6.07, 6.45) is 5.09. The van der Waals surface area contributed by atoms with Crippen molar-refractivity contribution < 1.29 is 0 Å². The Morgan fingerprint density at radius 3 is 2.79 bits per heavy atom. The average molecular weight is 189 g/mol. The summed E-state index contributed by atoms with van der Waals surface area (Å²) in [5, 5.41) is 0. The van der Waals surface area contributed by atoms with Crippen molar-refractivity contribution in [1.29, 1.82) is 0 Å². The third-order valence-electron chi connectivity index (χ3n) is 2.83. The lowest BCUT2D eigenvalue weighted by Crippen LogP contribution is -2.24. The number of hydrogen-bond acceptors (Lipinski definition) is 1. The summed E-state index contributed by atoms with van der Waals surface area (Å²) in [5.74, 6) is 0.299.